The van der Waals surface area contributed by atoms with Crippen molar-refractivity contribution >= 4 is 39.1 Å². The van der Waals surface area contributed by atoms with E-state index in [-0.39, 0.29) is 11.8 Å². The summed E-state index contributed by atoms with van der Waals surface area (Å²) < 4.78 is 0.799. The van der Waals surface area contributed by atoms with Gasteiger partial charge in [0.15, 0.2) is 5.78 Å². The monoisotopic (exact) mass is 332 g/mol. The molecule has 2 aromatic rings. The minimum Gasteiger partial charge on any atom is -0.308 e. The summed E-state index contributed by atoms with van der Waals surface area (Å²) in [7, 11) is 0. The van der Waals surface area contributed by atoms with Crippen molar-refractivity contribution in [3.05, 3.63) is 58.6 Å². The second kappa shape index (κ2) is 6.34. The van der Waals surface area contributed by atoms with Crippen LogP contribution >= 0.6 is 15.9 Å². The van der Waals surface area contributed by atoms with Gasteiger partial charge in [0, 0.05) is 15.7 Å². The van der Waals surface area contributed by atoms with Crippen molar-refractivity contribution in [2.24, 2.45) is 0 Å². The van der Waals surface area contributed by atoms with Gasteiger partial charge in [0.05, 0.1) is 5.69 Å². The number of Topliss-reactive ketones (excluding diaryl/α,β-unsaturated/α-hetero) is 1. The molecule has 0 aromatic heterocycles. The molecule has 0 saturated heterocycles. The standard InChI is InChI=1S/C15H13BrN2O2/c1-10(19)11-5-4-6-12(9-11)17-15(20)18-14-8-3-2-7-13(14)16/h2-9H,1H3,(H2,17,18,20). The number of hydrogen-bond acceptors (Lipinski definition) is 2. The van der Waals surface area contributed by atoms with Gasteiger partial charge in [-0.2, -0.15) is 0 Å². The SMILES string of the molecule is CC(=O)c1cccc(NC(=O)Nc2ccccc2Br)c1. The third-order valence-corrected chi connectivity index (χ3v) is 3.34. The summed E-state index contributed by atoms with van der Waals surface area (Å²) in [6, 6.07) is 13.8. The van der Waals surface area contributed by atoms with Crippen LogP contribution in [0.1, 0.15) is 17.3 Å². The van der Waals surface area contributed by atoms with E-state index in [0.29, 0.717) is 16.9 Å². The molecule has 2 N–H and O–H groups in total. The number of benzene rings is 2. The number of amides is 2. The molecule has 0 heterocycles. The van der Waals surface area contributed by atoms with Crippen molar-refractivity contribution in [2.75, 3.05) is 10.6 Å². The Labute approximate surface area is 125 Å². The number of nitrogens with one attached hydrogen (secondary N) is 2. The van der Waals surface area contributed by atoms with Crippen LogP contribution in [0.5, 0.6) is 0 Å². The molecular formula is C15H13BrN2O2. The van der Waals surface area contributed by atoms with Gasteiger partial charge in [-0.25, -0.2) is 4.79 Å². The highest BCUT2D eigenvalue weighted by Gasteiger charge is 2.06. The van der Waals surface area contributed by atoms with Crippen LogP contribution in [0.25, 0.3) is 0 Å². The Bertz CT molecular complexity index is 656. The number of carbonyl (C=O) groups excluding carboxylic acids is 2. The molecule has 20 heavy (non-hydrogen) atoms. The molecule has 0 spiro atoms. The molecule has 2 aromatic carbocycles. The zero-order chi connectivity index (χ0) is 14.5. The van der Waals surface area contributed by atoms with Gasteiger partial charge in [0.25, 0.3) is 0 Å². The van der Waals surface area contributed by atoms with Gasteiger partial charge in [-0.3, -0.25) is 4.79 Å². The zero-order valence-corrected chi connectivity index (χ0v) is 12.4. The maximum atomic E-state index is 11.9. The molecule has 0 aliphatic heterocycles. The minimum atomic E-state index is -0.363. The summed E-state index contributed by atoms with van der Waals surface area (Å²) in [6.07, 6.45) is 0. The van der Waals surface area contributed by atoms with Gasteiger partial charge in [-0.15, -0.1) is 0 Å². The van der Waals surface area contributed by atoms with Crippen molar-refractivity contribution in [1.82, 2.24) is 0 Å². The van der Waals surface area contributed by atoms with Gasteiger partial charge >= 0.3 is 6.03 Å². The smallest absolute Gasteiger partial charge is 0.308 e. The summed E-state index contributed by atoms with van der Waals surface area (Å²) in [5, 5.41) is 5.42. The lowest BCUT2D eigenvalue weighted by atomic mass is 10.1. The summed E-state index contributed by atoms with van der Waals surface area (Å²) in [6.45, 7) is 1.49. The van der Waals surface area contributed by atoms with Crippen LogP contribution in [0.3, 0.4) is 0 Å². The number of anilines is 2. The highest BCUT2D eigenvalue weighted by molar-refractivity contribution is 9.10. The Morgan fingerprint density at radius 2 is 1.75 bits per heavy atom. The first-order valence-electron chi connectivity index (χ1n) is 6.00. The van der Waals surface area contributed by atoms with Crippen LogP contribution in [-0.4, -0.2) is 11.8 Å². The molecule has 5 heteroatoms. The Morgan fingerprint density at radius 3 is 2.45 bits per heavy atom. The lowest BCUT2D eigenvalue weighted by Crippen LogP contribution is -2.19. The molecule has 2 amide bonds. The summed E-state index contributed by atoms with van der Waals surface area (Å²) in [5.41, 5.74) is 1.80. The second-order valence-electron chi connectivity index (χ2n) is 4.20. The third-order valence-electron chi connectivity index (χ3n) is 2.65. The largest absolute Gasteiger partial charge is 0.323 e. The number of para-hydroxylation sites is 1. The fourth-order valence-corrected chi connectivity index (χ4v) is 2.05. The van der Waals surface area contributed by atoms with Gasteiger partial charge in [-0.05, 0) is 47.1 Å². The highest BCUT2D eigenvalue weighted by Crippen LogP contribution is 2.21. The van der Waals surface area contributed by atoms with E-state index in [2.05, 4.69) is 26.6 Å². The van der Waals surface area contributed by atoms with E-state index in [4.69, 9.17) is 0 Å². The Hall–Kier alpha value is -2.14. The molecule has 0 atom stereocenters. The molecule has 102 valence electrons. The molecule has 2 rings (SSSR count). The maximum Gasteiger partial charge on any atom is 0.323 e. The fraction of sp³-hybridized carbons (Fsp3) is 0.0667. The van der Waals surface area contributed by atoms with E-state index in [1.165, 1.54) is 6.92 Å². The number of rotatable bonds is 3. The van der Waals surface area contributed by atoms with Gasteiger partial charge in [0.1, 0.15) is 0 Å². The normalized spacial score (nSPS) is 9.90. The van der Waals surface area contributed by atoms with E-state index < -0.39 is 0 Å². The molecule has 0 bridgehead atoms. The molecule has 0 fully saturated rings. The number of carbonyl (C=O) groups is 2. The zero-order valence-electron chi connectivity index (χ0n) is 10.8. The van der Waals surface area contributed by atoms with Crippen LogP contribution in [0.4, 0.5) is 16.2 Å². The van der Waals surface area contributed by atoms with Gasteiger partial charge < -0.3 is 10.6 Å². The molecule has 0 saturated carbocycles. The summed E-state index contributed by atoms with van der Waals surface area (Å²) in [5.74, 6) is -0.0418. The lowest BCUT2D eigenvalue weighted by molar-refractivity contribution is 0.101. The minimum absolute atomic E-state index is 0.0418. The fourth-order valence-electron chi connectivity index (χ4n) is 1.66. The Balaban J connectivity index is 2.07. The van der Waals surface area contributed by atoms with Crippen molar-refractivity contribution in [3.63, 3.8) is 0 Å². The number of ketones is 1. The number of halogens is 1. The predicted molar refractivity (Wildman–Crippen MR) is 83.2 cm³/mol. The van der Waals surface area contributed by atoms with Crippen molar-refractivity contribution in [1.29, 1.82) is 0 Å². The van der Waals surface area contributed by atoms with Gasteiger partial charge in [0.2, 0.25) is 0 Å². The summed E-state index contributed by atoms with van der Waals surface area (Å²) in [4.78, 5) is 23.2. The van der Waals surface area contributed by atoms with Crippen molar-refractivity contribution < 1.29 is 9.59 Å². The van der Waals surface area contributed by atoms with Crippen LogP contribution in [0.2, 0.25) is 0 Å². The van der Waals surface area contributed by atoms with Crippen molar-refractivity contribution in [3.8, 4) is 0 Å². The van der Waals surface area contributed by atoms with Crippen LogP contribution in [0, 0.1) is 0 Å². The van der Waals surface area contributed by atoms with E-state index in [1.54, 1.807) is 30.3 Å². The Kier molecular flexibility index (Phi) is 4.53. The van der Waals surface area contributed by atoms with Crippen LogP contribution in [-0.2, 0) is 0 Å². The predicted octanol–water partition coefficient (Wildman–Crippen LogP) is 4.30. The molecule has 0 radical (unpaired) electrons. The maximum absolute atomic E-state index is 11.9. The highest BCUT2D eigenvalue weighted by atomic mass is 79.9. The summed E-state index contributed by atoms with van der Waals surface area (Å²) >= 11 is 3.35. The van der Waals surface area contributed by atoms with E-state index in [9.17, 15) is 9.59 Å². The quantitative estimate of drug-likeness (QED) is 0.823. The first kappa shape index (κ1) is 14.3. The van der Waals surface area contributed by atoms with Gasteiger partial charge in [-0.1, -0.05) is 24.3 Å². The molecule has 0 aliphatic rings. The first-order valence-corrected chi connectivity index (χ1v) is 6.79. The van der Waals surface area contributed by atoms with Crippen molar-refractivity contribution in [2.45, 2.75) is 6.92 Å². The second-order valence-corrected chi connectivity index (χ2v) is 5.05. The Morgan fingerprint density at radius 1 is 1.00 bits per heavy atom. The topological polar surface area (TPSA) is 58.2 Å². The molecule has 0 aliphatic carbocycles. The average molecular weight is 333 g/mol. The van der Waals surface area contributed by atoms with Crippen LogP contribution in [0.15, 0.2) is 53.0 Å². The molecule has 0 unspecified atom stereocenters. The molecular weight excluding hydrogens is 320 g/mol. The average Bonchev–Trinajstić information content (AvgIpc) is 2.41. The molecule has 4 nitrogen and oxygen atoms in total. The number of hydrogen-bond donors (Lipinski definition) is 2. The third kappa shape index (κ3) is 3.68. The van der Waals surface area contributed by atoms with E-state index in [0.717, 1.165) is 4.47 Å². The lowest BCUT2D eigenvalue weighted by Gasteiger charge is -2.09. The van der Waals surface area contributed by atoms with E-state index >= 15 is 0 Å². The first-order chi connectivity index (χ1) is 9.56. The number of urea groups is 1. The van der Waals surface area contributed by atoms with Crippen LogP contribution < -0.4 is 10.6 Å². The van der Waals surface area contributed by atoms with E-state index in [1.807, 2.05) is 18.2 Å².